The lowest BCUT2D eigenvalue weighted by atomic mass is 9.92. The minimum atomic E-state index is -0.532. The van der Waals surface area contributed by atoms with E-state index in [1.807, 2.05) is 59.7 Å². The number of methoxy groups -OCH3 is 2. The lowest BCUT2D eigenvalue weighted by Gasteiger charge is -2.37. The Labute approximate surface area is 202 Å². The van der Waals surface area contributed by atoms with Gasteiger partial charge in [0.15, 0.2) is 5.17 Å². The fourth-order valence-corrected chi connectivity index (χ4v) is 4.96. The smallest absolute Gasteiger partial charge is 0.338 e. The first-order valence-corrected chi connectivity index (χ1v) is 11.8. The number of para-hydroxylation sites is 1. The molecule has 1 aromatic heterocycles. The summed E-state index contributed by atoms with van der Waals surface area (Å²) < 4.78 is 10.8. The maximum atomic E-state index is 13.0. The van der Waals surface area contributed by atoms with Gasteiger partial charge in [-0.15, -0.1) is 0 Å². The number of amides is 1. The summed E-state index contributed by atoms with van der Waals surface area (Å²) in [6, 6.07) is 12.6. The first-order valence-electron chi connectivity index (χ1n) is 10.9. The zero-order valence-electron chi connectivity index (χ0n) is 19.3. The molecule has 2 aliphatic heterocycles. The number of thioether (sulfide) groups is 1. The lowest BCUT2D eigenvalue weighted by molar-refractivity contribution is -0.136. The molecule has 3 heterocycles. The molecule has 176 valence electrons. The highest BCUT2D eigenvalue weighted by molar-refractivity contribution is 8.16. The summed E-state index contributed by atoms with van der Waals surface area (Å²) in [5.41, 5.74) is 3.43. The number of aromatic nitrogens is 1. The van der Waals surface area contributed by atoms with Crippen molar-refractivity contribution in [2.75, 3.05) is 14.2 Å². The molecule has 4 rings (SSSR count). The quantitative estimate of drug-likeness (QED) is 0.575. The molecular formula is C25H26N4O4S. The molecule has 0 radical (unpaired) electrons. The Kier molecular flexibility index (Phi) is 7.32. The van der Waals surface area contributed by atoms with Crippen molar-refractivity contribution in [2.24, 2.45) is 4.99 Å². The Morgan fingerprint density at radius 1 is 1.15 bits per heavy atom. The highest BCUT2D eigenvalue weighted by Gasteiger charge is 2.42. The van der Waals surface area contributed by atoms with Crippen molar-refractivity contribution in [3.05, 3.63) is 82.3 Å². The van der Waals surface area contributed by atoms with Crippen LogP contribution in [-0.2, 0) is 20.9 Å². The van der Waals surface area contributed by atoms with Crippen molar-refractivity contribution in [3.8, 4) is 5.75 Å². The van der Waals surface area contributed by atoms with Gasteiger partial charge in [0.25, 0.3) is 0 Å². The number of rotatable bonds is 8. The molecule has 8 nitrogen and oxygen atoms in total. The van der Waals surface area contributed by atoms with Gasteiger partial charge in [0.05, 0.1) is 50.2 Å². The van der Waals surface area contributed by atoms with E-state index in [0.717, 1.165) is 17.0 Å². The average molecular weight is 479 g/mol. The van der Waals surface area contributed by atoms with Crippen LogP contribution in [0.15, 0.2) is 76.0 Å². The predicted molar refractivity (Wildman–Crippen MR) is 131 cm³/mol. The van der Waals surface area contributed by atoms with Crippen LogP contribution in [0.25, 0.3) is 0 Å². The highest BCUT2D eigenvalue weighted by Crippen LogP contribution is 2.47. The monoisotopic (exact) mass is 478 g/mol. The maximum absolute atomic E-state index is 13.0. The van der Waals surface area contributed by atoms with E-state index in [-0.39, 0.29) is 12.3 Å². The molecule has 0 unspecified atom stereocenters. The van der Waals surface area contributed by atoms with Gasteiger partial charge in [0.2, 0.25) is 5.91 Å². The number of carbonyl (C=O) groups excluding carboxylic acids is 2. The van der Waals surface area contributed by atoms with E-state index in [1.54, 1.807) is 13.3 Å². The zero-order valence-corrected chi connectivity index (χ0v) is 20.1. The molecule has 1 N–H and O–H groups in total. The molecule has 34 heavy (non-hydrogen) atoms. The number of nitrogens with zero attached hydrogens (tertiary/aromatic N) is 3. The molecule has 0 bridgehead atoms. The van der Waals surface area contributed by atoms with Crippen molar-refractivity contribution in [2.45, 2.75) is 32.4 Å². The van der Waals surface area contributed by atoms with Crippen LogP contribution in [0.2, 0.25) is 0 Å². The fraction of sp³-hybridized carbons (Fsp3) is 0.280. The number of aliphatic imine (C=N–C) groups is 1. The van der Waals surface area contributed by atoms with Crippen molar-refractivity contribution in [1.29, 1.82) is 0 Å². The number of nitrogens with one attached hydrogen (secondary N) is 1. The van der Waals surface area contributed by atoms with Crippen LogP contribution in [0.4, 0.5) is 0 Å². The van der Waals surface area contributed by atoms with Crippen LogP contribution >= 0.6 is 11.8 Å². The van der Waals surface area contributed by atoms with E-state index < -0.39 is 12.0 Å². The Bertz CT molecular complexity index is 1180. The van der Waals surface area contributed by atoms with Crippen molar-refractivity contribution in [3.63, 3.8) is 0 Å². The van der Waals surface area contributed by atoms with E-state index in [4.69, 9.17) is 14.5 Å². The standard InChI is InChI=1S/C25H26N4O4S/c1-4-19-22(24(31)33-3)23(18-10-5-6-11-20(18)32-2)29-17(15-34-25(29)28-19)13-21(30)27-14-16-9-7-8-12-26-16/h5-12,15,23H,4,13-14H2,1-3H3,(H,27,30)/t23-/m0/s1. The summed E-state index contributed by atoms with van der Waals surface area (Å²) in [6.07, 6.45) is 2.38. The van der Waals surface area contributed by atoms with Crippen LogP contribution < -0.4 is 10.1 Å². The fourth-order valence-electron chi connectivity index (χ4n) is 4.02. The van der Waals surface area contributed by atoms with E-state index in [1.165, 1.54) is 18.9 Å². The summed E-state index contributed by atoms with van der Waals surface area (Å²) in [6.45, 7) is 2.29. The van der Waals surface area contributed by atoms with E-state index in [0.29, 0.717) is 35.2 Å². The zero-order chi connectivity index (χ0) is 24.1. The Balaban J connectivity index is 1.67. The topological polar surface area (TPSA) is 93.1 Å². The first-order chi connectivity index (χ1) is 16.6. The summed E-state index contributed by atoms with van der Waals surface area (Å²) in [7, 11) is 2.96. The van der Waals surface area contributed by atoms with Gasteiger partial charge < -0.3 is 19.7 Å². The second-order valence-electron chi connectivity index (χ2n) is 7.62. The average Bonchev–Trinajstić information content (AvgIpc) is 3.28. The molecule has 1 aromatic carbocycles. The highest BCUT2D eigenvalue weighted by atomic mass is 32.2. The van der Waals surface area contributed by atoms with Crippen LogP contribution in [0.3, 0.4) is 0 Å². The summed E-state index contributed by atoms with van der Waals surface area (Å²) in [5, 5.41) is 5.54. The number of hydrogen-bond donors (Lipinski definition) is 1. The normalized spacial score (nSPS) is 17.0. The van der Waals surface area contributed by atoms with Gasteiger partial charge in [0.1, 0.15) is 5.75 Å². The van der Waals surface area contributed by atoms with Gasteiger partial charge >= 0.3 is 5.97 Å². The molecule has 0 aliphatic carbocycles. The number of esters is 1. The third-order valence-corrected chi connectivity index (χ3v) is 6.49. The van der Waals surface area contributed by atoms with Crippen molar-refractivity contribution >= 4 is 28.8 Å². The molecule has 0 saturated heterocycles. The van der Waals surface area contributed by atoms with Crippen molar-refractivity contribution in [1.82, 2.24) is 15.2 Å². The molecule has 0 fully saturated rings. The number of benzene rings is 1. The van der Waals surface area contributed by atoms with Crippen LogP contribution in [0.1, 0.15) is 37.1 Å². The minimum Gasteiger partial charge on any atom is -0.496 e. The number of amidine groups is 1. The minimum absolute atomic E-state index is 0.125. The molecule has 0 saturated carbocycles. The van der Waals surface area contributed by atoms with Crippen LogP contribution in [-0.4, -0.2) is 41.1 Å². The SMILES string of the molecule is CCC1=C(C(=O)OC)[C@H](c2ccccc2OC)N2C(CC(=O)NCc3ccccn3)=CSC2=N1. The third-order valence-electron chi connectivity index (χ3n) is 5.60. The molecule has 2 aliphatic rings. The summed E-state index contributed by atoms with van der Waals surface area (Å²) in [5.74, 6) is 0.0373. The largest absolute Gasteiger partial charge is 0.496 e. The van der Waals surface area contributed by atoms with Gasteiger partial charge in [-0.3, -0.25) is 9.78 Å². The van der Waals surface area contributed by atoms with E-state index in [9.17, 15) is 9.59 Å². The van der Waals surface area contributed by atoms with Crippen LogP contribution in [0, 0.1) is 0 Å². The number of allylic oxidation sites excluding steroid dienone is 1. The van der Waals surface area contributed by atoms with Gasteiger partial charge in [0, 0.05) is 17.5 Å². The predicted octanol–water partition coefficient (Wildman–Crippen LogP) is 3.93. The molecule has 1 atom stereocenters. The van der Waals surface area contributed by atoms with Gasteiger partial charge in [-0.25, -0.2) is 9.79 Å². The van der Waals surface area contributed by atoms with Gasteiger partial charge in [-0.2, -0.15) is 0 Å². The maximum Gasteiger partial charge on any atom is 0.338 e. The Hall–Kier alpha value is -3.59. The van der Waals surface area contributed by atoms with E-state index >= 15 is 0 Å². The first kappa shape index (κ1) is 23.6. The molecule has 9 heteroatoms. The van der Waals surface area contributed by atoms with E-state index in [2.05, 4.69) is 10.3 Å². The molecule has 1 amide bonds. The lowest BCUT2D eigenvalue weighted by Crippen LogP contribution is -2.38. The summed E-state index contributed by atoms with van der Waals surface area (Å²) >= 11 is 1.44. The molecular weight excluding hydrogens is 452 g/mol. The van der Waals surface area contributed by atoms with Gasteiger partial charge in [-0.05, 0) is 30.0 Å². The Morgan fingerprint density at radius 3 is 2.65 bits per heavy atom. The summed E-state index contributed by atoms with van der Waals surface area (Å²) in [4.78, 5) is 36.7. The number of hydrogen-bond acceptors (Lipinski definition) is 8. The number of carbonyl (C=O) groups is 2. The molecule has 2 aromatic rings. The van der Waals surface area contributed by atoms with Crippen LogP contribution in [0.5, 0.6) is 5.75 Å². The Morgan fingerprint density at radius 2 is 1.94 bits per heavy atom. The third kappa shape index (κ3) is 4.70. The number of ether oxygens (including phenoxy) is 2. The second kappa shape index (κ2) is 10.6. The van der Waals surface area contributed by atoms with Crippen molar-refractivity contribution < 1.29 is 19.1 Å². The number of fused-ring (bicyclic) bond motifs is 1. The number of pyridine rings is 1. The second-order valence-corrected chi connectivity index (χ2v) is 8.45. The van der Waals surface area contributed by atoms with Gasteiger partial charge in [-0.1, -0.05) is 43.0 Å². The molecule has 0 spiro atoms.